The van der Waals surface area contributed by atoms with E-state index in [0.717, 1.165) is 0 Å². The molecule has 0 radical (unpaired) electrons. The summed E-state index contributed by atoms with van der Waals surface area (Å²) in [6, 6.07) is 12.3. The molecular formula is C19H21NO5. The van der Waals surface area contributed by atoms with Crippen molar-refractivity contribution in [3.05, 3.63) is 58.6 Å². The number of hydrogen-bond donors (Lipinski definition) is 0. The summed E-state index contributed by atoms with van der Waals surface area (Å²) in [5.74, 6) is 1.57. The number of likely N-dealkylation sites (tertiary alicyclic amines) is 1. The number of nitrogens with zero attached hydrogens (tertiary/aromatic N) is 1. The summed E-state index contributed by atoms with van der Waals surface area (Å²) >= 11 is 0. The predicted octanol–water partition coefficient (Wildman–Crippen LogP) is 2.40. The first-order valence-electron chi connectivity index (χ1n) is 8.30. The molecule has 1 aromatic carbocycles. The van der Waals surface area contributed by atoms with Gasteiger partial charge in [0, 0.05) is 19.0 Å². The highest BCUT2D eigenvalue weighted by atomic mass is 16.5. The fraction of sp³-hybridized carbons (Fsp3) is 0.368. The Kier molecular flexibility index (Phi) is 5.07. The molecule has 1 amide bonds. The normalized spacial score (nSPS) is 18.0. The Labute approximate surface area is 146 Å². The van der Waals surface area contributed by atoms with Gasteiger partial charge in [0.1, 0.15) is 23.4 Å². The van der Waals surface area contributed by atoms with Crippen molar-refractivity contribution in [2.45, 2.75) is 32.5 Å². The number of aryl methyl sites for hydroxylation is 1. The molecule has 0 aliphatic carbocycles. The predicted molar refractivity (Wildman–Crippen MR) is 91.9 cm³/mol. The van der Waals surface area contributed by atoms with E-state index >= 15 is 0 Å². The highest BCUT2D eigenvalue weighted by Crippen LogP contribution is 2.20. The molecule has 132 valence electrons. The van der Waals surface area contributed by atoms with Crippen molar-refractivity contribution >= 4 is 5.91 Å². The van der Waals surface area contributed by atoms with Crippen LogP contribution in [0.2, 0.25) is 0 Å². The van der Waals surface area contributed by atoms with E-state index in [1.807, 2.05) is 30.3 Å². The van der Waals surface area contributed by atoms with Gasteiger partial charge in [-0.2, -0.15) is 0 Å². The van der Waals surface area contributed by atoms with Crippen LogP contribution in [0.1, 0.15) is 19.1 Å². The molecule has 0 bridgehead atoms. The van der Waals surface area contributed by atoms with Gasteiger partial charge in [0.05, 0.1) is 12.6 Å². The Morgan fingerprint density at radius 1 is 1.24 bits per heavy atom. The molecule has 25 heavy (non-hydrogen) atoms. The highest BCUT2D eigenvalue weighted by Gasteiger charge is 2.31. The average Bonchev–Trinajstić information content (AvgIpc) is 3.02. The second kappa shape index (κ2) is 7.42. The van der Waals surface area contributed by atoms with Crippen LogP contribution in [0.3, 0.4) is 0 Å². The molecule has 2 atom stereocenters. The topological polar surface area (TPSA) is 69.0 Å². The third-order valence-electron chi connectivity index (χ3n) is 4.03. The second-order valence-corrected chi connectivity index (χ2v) is 6.11. The van der Waals surface area contributed by atoms with E-state index in [1.165, 1.54) is 6.07 Å². The van der Waals surface area contributed by atoms with Crippen molar-refractivity contribution < 1.29 is 18.7 Å². The molecule has 6 nitrogen and oxygen atoms in total. The number of para-hydroxylation sites is 1. The number of ether oxygens (including phenoxy) is 2. The van der Waals surface area contributed by atoms with Gasteiger partial charge in [-0.15, -0.1) is 0 Å². The van der Waals surface area contributed by atoms with Crippen LogP contribution in [0.15, 0.2) is 51.7 Å². The minimum Gasteiger partial charge on any atom is -0.488 e. The van der Waals surface area contributed by atoms with Crippen LogP contribution in [0.5, 0.6) is 11.5 Å². The Morgan fingerprint density at radius 3 is 2.72 bits per heavy atom. The van der Waals surface area contributed by atoms with Gasteiger partial charge in [0.15, 0.2) is 6.10 Å². The van der Waals surface area contributed by atoms with E-state index in [2.05, 4.69) is 0 Å². The zero-order chi connectivity index (χ0) is 17.8. The molecule has 2 heterocycles. The first-order chi connectivity index (χ1) is 12.0. The fourth-order valence-electron chi connectivity index (χ4n) is 2.87. The Bertz CT molecular complexity index is 786. The number of hydrogen-bond acceptors (Lipinski definition) is 5. The first-order valence-corrected chi connectivity index (χ1v) is 8.30. The summed E-state index contributed by atoms with van der Waals surface area (Å²) in [6.45, 7) is 4.52. The fourth-order valence-corrected chi connectivity index (χ4v) is 2.87. The average molecular weight is 343 g/mol. The van der Waals surface area contributed by atoms with E-state index in [4.69, 9.17) is 13.9 Å². The number of carbonyl (C=O) groups excluding carboxylic acids is 1. The van der Waals surface area contributed by atoms with Crippen molar-refractivity contribution in [2.75, 3.05) is 13.1 Å². The zero-order valence-electron chi connectivity index (χ0n) is 14.3. The molecule has 1 saturated heterocycles. The number of carbonyl (C=O) groups is 1. The molecule has 0 spiro atoms. The van der Waals surface area contributed by atoms with Crippen LogP contribution in [-0.2, 0) is 4.79 Å². The molecule has 6 heteroatoms. The highest BCUT2D eigenvalue weighted by molar-refractivity contribution is 5.81. The SMILES string of the molecule is Cc1cc(O[C@H]2CCN(C(=O)[C@@H](C)Oc3ccccc3)C2)cc(=O)o1. The van der Waals surface area contributed by atoms with Crippen LogP contribution in [0.25, 0.3) is 0 Å². The first kappa shape index (κ1) is 17.1. The number of rotatable bonds is 5. The monoisotopic (exact) mass is 343 g/mol. The van der Waals surface area contributed by atoms with Gasteiger partial charge < -0.3 is 18.8 Å². The van der Waals surface area contributed by atoms with E-state index in [1.54, 1.807) is 24.8 Å². The quantitative estimate of drug-likeness (QED) is 0.834. The van der Waals surface area contributed by atoms with Crippen molar-refractivity contribution in [1.29, 1.82) is 0 Å². The van der Waals surface area contributed by atoms with Crippen LogP contribution >= 0.6 is 0 Å². The van der Waals surface area contributed by atoms with E-state index in [0.29, 0.717) is 36.8 Å². The van der Waals surface area contributed by atoms with Crippen molar-refractivity contribution in [3.8, 4) is 11.5 Å². The van der Waals surface area contributed by atoms with Gasteiger partial charge in [-0.05, 0) is 26.0 Å². The van der Waals surface area contributed by atoms with Crippen LogP contribution in [0, 0.1) is 6.92 Å². The molecule has 0 unspecified atom stereocenters. The Hall–Kier alpha value is -2.76. The summed E-state index contributed by atoms with van der Waals surface area (Å²) in [5, 5.41) is 0. The molecule has 1 aliphatic rings. The van der Waals surface area contributed by atoms with E-state index in [-0.39, 0.29) is 12.0 Å². The molecule has 3 rings (SSSR count). The molecule has 1 aliphatic heterocycles. The van der Waals surface area contributed by atoms with Gasteiger partial charge in [0.2, 0.25) is 0 Å². The number of amides is 1. The molecule has 0 N–H and O–H groups in total. The maximum atomic E-state index is 12.5. The van der Waals surface area contributed by atoms with Crippen molar-refractivity contribution in [2.24, 2.45) is 0 Å². The molecule has 1 aromatic heterocycles. The van der Waals surface area contributed by atoms with E-state index in [9.17, 15) is 9.59 Å². The van der Waals surface area contributed by atoms with Crippen LogP contribution in [0.4, 0.5) is 0 Å². The lowest BCUT2D eigenvalue weighted by atomic mass is 10.3. The maximum Gasteiger partial charge on any atom is 0.339 e. The lowest BCUT2D eigenvalue weighted by molar-refractivity contribution is -0.137. The largest absolute Gasteiger partial charge is 0.488 e. The summed E-state index contributed by atoms with van der Waals surface area (Å²) in [7, 11) is 0. The van der Waals surface area contributed by atoms with Crippen LogP contribution < -0.4 is 15.1 Å². The third-order valence-corrected chi connectivity index (χ3v) is 4.03. The Morgan fingerprint density at radius 2 is 2.00 bits per heavy atom. The third kappa shape index (κ3) is 4.41. The minimum atomic E-state index is -0.563. The summed E-state index contributed by atoms with van der Waals surface area (Å²) < 4.78 is 16.4. The lowest BCUT2D eigenvalue weighted by Crippen LogP contribution is -2.40. The maximum absolute atomic E-state index is 12.5. The molecule has 1 fully saturated rings. The standard InChI is InChI=1S/C19H21NO5/c1-13-10-17(11-18(21)23-13)25-16-8-9-20(12-16)19(22)14(2)24-15-6-4-3-5-7-15/h3-7,10-11,14,16H,8-9,12H2,1-2H3/t14-,16+/m1/s1. The second-order valence-electron chi connectivity index (χ2n) is 6.11. The summed E-state index contributed by atoms with van der Waals surface area (Å²) in [6.07, 6.45) is 0.00420. The van der Waals surface area contributed by atoms with E-state index < -0.39 is 11.7 Å². The van der Waals surface area contributed by atoms with Gasteiger partial charge >= 0.3 is 5.63 Å². The van der Waals surface area contributed by atoms with Gasteiger partial charge in [0.25, 0.3) is 5.91 Å². The van der Waals surface area contributed by atoms with Crippen molar-refractivity contribution in [1.82, 2.24) is 4.90 Å². The van der Waals surface area contributed by atoms with Crippen LogP contribution in [-0.4, -0.2) is 36.1 Å². The minimum absolute atomic E-state index is 0.0706. The molecule has 0 saturated carbocycles. The van der Waals surface area contributed by atoms with Gasteiger partial charge in [-0.3, -0.25) is 4.79 Å². The zero-order valence-corrected chi connectivity index (χ0v) is 14.3. The number of benzene rings is 1. The van der Waals surface area contributed by atoms with Gasteiger partial charge in [-0.1, -0.05) is 18.2 Å². The molecular weight excluding hydrogens is 322 g/mol. The smallest absolute Gasteiger partial charge is 0.339 e. The van der Waals surface area contributed by atoms with Crippen molar-refractivity contribution in [3.63, 3.8) is 0 Å². The summed E-state index contributed by atoms with van der Waals surface area (Å²) in [4.78, 5) is 25.7. The lowest BCUT2D eigenvalue weighted by Gasteiger charge is -2.22. The Balaban J connectivity index is 1.56. The van der Waals surface area contributed by atoms with Gasteiger partial charge in [-0.25, -0.2) is 4.79 Å². The summed E-state index contributed by atoms with van der Waals surface area (Å²) in [5.41, 5.74) is -0.439. The molecule has 2 aromatic rings.